The lowest BCUT2D eigenvalue weighted by Gasteiger charge is -2.18. The Kier molecular flexibility index (Phi) is 8.12. The van der Waals surface area contributed by atoms with Crippen molar-refractivity contribution in [1.82, 2.24) is 20.1 Å². The number of rotatable bonds is 10. The van der Waals surface area contributed by atoms with Crippen LogP contribution in [-0.4, -0.2) is 33.0 Å². The molecule has 1 aromatic heterocycles. The molecule has 0 fully saturated rings. The number of thioether (sulfide) groups is 1. The highest BCUT2D eigenvalue weighted by molar-refractivity contribution is 8.00. The van der Waals surface area contributed by atoms with Gasteiger partial charge in [-0.05, 0) is 50.1 Å². The minimum Gasteiger partial charge on any atom is -0.497 e. The van der Waals surface area contributed by atoms with Crippen molar-refractivity contribution < 1.29 is 9.53 Å². The maximum atomic E-state index is 12.8. The monoisotopic (exact) mass is 438 g/mol. The summed E-state index contributed by atoms with van der Waals surface area (Å²) < 4.78 is 7.37. The molecule has 3 aromatic rings. The van der Waals surface area contributed by atoms with Crippen LogP contribution in [0.1, 0.15) is 45.2 Å². The van der Waals surface area contributed by atoms with Crippen molar-refractivity contribution in [1.29, 1.82) is 0 Å². The molecule has 1 amide bonds. The van der Waals surface area contributed by atoms with Gasteiger partial charge in [0.1, 0.15) is 5.75 Å². The molecule has 0 bridgehead atoms. The summed E-state index contributed by atoms with van der Waals surface area (Å²) in [5.74, 6) is 1.59. The maximum absolute atomic E-state index is 12.8. The lowest BCUT2D eigenvalue weighted by molar-refractivity contribution is -0.120. The van der Waals surface area contributed by atoms with Gasteiger partial charge in [-0.25, -0.2) is 0 Å². The summed E-state index contributed by atoms with van der Waals surface area (Å²) in [4.78, 5) is 12.8. The molecule has 7 heteroatoms. The third kappa shape index (κ3) is 5.88. The van der Waals surface area contributed by atoms with Gasteiger partial charge < -0.3 is 14.6 Å². The predicted octanol–water partition coefficient (Wildman–Crippen LogP) is 5.11. The zero-order valence-electron chi connectivity index (χ0n) is 18.5. The number of amides is 1. The topological polar surface area (TPSA) is 69.0 Å². The molecule has 6 nitrogen and oxygen atoms in total. The standard InChI is InChI=1S/C24H30N4O2S/c1-5-6-16-28-22(20-12-14-21(30-4)15-13-20)26-27-24(28)31-18(3)23(29)25-17(2)19-10-8-7-9-11-19/h7-15,17-18H,5-6,16H2,1-4H3,(H,25,29). The first kappa shape index (κ1) is 22.9. The zero-order valence-corrected chi connectivity index (χ0v) is 19.4. The largest absolute Gasteiger partial charge is 0.497 e. The molecule has 1 N–H and O–H groups in total. The van der Waals surface area contributed by atoms with Crippen molar-refractivity contribution in [2.75, 3.05) is 7.11 Å². The Labute approximate surface area is 188 Å². The second kappa shape index (κ2) is 11.0. The van der Waals surface area contributed by atoms with Crippen LogP contribution in [0.2, 0.25) is 0 Å². The van der Waals surface area contributed by atoms with Crippen molar-refractivity contribution >= 4 is 17.7 Å². The van der Waals surface area contributed by atoms with Gasteiger partial charge in [-0.15, -0.1) is 10.2 Å². The van der Waals surface area contributed by atoms with Gasteiger partial charge in [0.2, 0.25) is 5.91 Å². The van der Waals surface area contributed by atoms with E-state index in [0.29, 0.717) is 0 Å². The molecular weight excluding hydrogens is 408 g/mol. The van der Waals surface area contributed by atoms with Crippen molar-refractivity contribution in [3.63, 3.8) is 0 Å². The number of benzene rings is 2. The summed E-state index contributed by atoms with van der Waals surface area (Å²) in [6.07, 6.45) is 2.08. The zero-order chi connectivity index (χ0) is 22.2. The van der Waals surface area contributed by atoms with Crippen LogP contribution in [0.3, 0.4) is 0 Å². The lowest BCUT2D eigenvalue weighted by atomic mass is 10.1. The van der Waals surface area contributed by atoms with E-state index in [1.807, 2.05) is 68.4 Å². The first-order valence-corrected chi connectivity index (χ1v) is 11.5. The molecule has 31 heavy (non-hydrogen) atoms. The van der Waals surface area contributed by atoms with Crippen molar-refractivity contribution in [2.45, 2.75) is 56.6 Å². The molecule has 0 radical (unpaired) electrons. The Balaban J connectivity index is 1.74. The van der Waals surface area contributed by atoms with Crippen LogP contribution in [0.25, 0.3) is 11.4 Å². The minimum absolute atomic E-state index is 0.0163. The van der Waals surface area contributed by atoms with Crippen molar-refractivity contribution in [3.05, 3.63) is 60.2 Å². The van der Waals surface area contributed by atoms with Gasteiger partial charge in [0.05, 0.1) is 18.4 Å². The number of carbonyl (C=O) groups is 1. The van der Waals surface area contributed by atoms with E-state index in [4.69, 9.17) is 4.74 Å². The molecule has 0 aliphatic carbocycles. The highest BCUT2D eigenvalue weighted by atomic mass is 32.2. The van der Waals surface area contributed by atoms with Gasteiger partial charge in [-0.2, -0.15) is 0 Å². The fourth-order valence-corrected chi connectivity index (χ4v) is 4.10. The Morgan fingerprint density at radius 2 is 1.81 bits per heavy atom. The molecule has 0 aliphatic heterocycles. The van der Waals surface area contributed by atoms with Crippen molar-refractivity contribution in [3.8, 4) is 17.1 Å². The van der Waals surface area contributed by atoms with Crippen LogP contribution in [0.5, 0.6) is 5.75 Å². The average Bonchev–Trinajstić information content (AvgIpc) is 3.20. The summed E-state index contributed by atoms with van der Waals surface area (Å²) in [7, 11) is 1.65. The number of methoxy groups -OCH3 is 1. The third-order valence-corrected chi connectivity index (χ3v) is 6.19. The lowest BCUT2D eigenvalue weighted by Crippen LogP contribution is -2.33. The van der Waals surface area contributed by atoms with Gasteiger partial charge >= 0.3 is 0 Å². The molecule has 2 aromatic carbocycles. The van der Waals surface area contributed by atoms with E-state index < -0.39 is 0 Å². The van der Waals surface area contributed by atoms with Gasteiger partial charge in [-0.1, -0.05) is 55.4 Å². The summed E-state index contributed by atoms with van der Waals surface area (Å²) in [5, 5.41) is 12.4. The van der Waals surface area contributed by atoms with Gasteiger partial charge in [-0.3, -0.25) is 4.79 Å². The van der Waals surface area contributed by atoms with Gasteiger partial charge in [0, 0.05) is 12.1 Å². The molecule has 164 valence electrons. The van der Waals surface area contributed by atoms with Crippen molar-refractivity contribution in [2.24, 2.45) is 0 Å². The molecule has 0 saturated carbocycles. The number of nitrogens with one attached hydrogen (secondary N) is 1. The van der Waals surface area contributed by atoms with Crippen LogP contribution in [-0.2, 0) is 11.3 Å². The van der Waals surface area contributed by atoms with E-state index in [-0.39, 0.29) is 17.2 Å². The first-order chi connectivity index (χ1) is 15.0. The number of hydrogen-bond acceptors (Lipinski definition) is 5. The van der Waals surface area contributed by atoms with Crippen LogP contribution < -0.4 is 10.1 Å². The fraction of sp³-hybridized carbons (Fsp3) is 0.375. The number of aromatic nitrogens is 3. The first-order valence-electron chi connectivity index (χ1n) is 10.6. The summed E-state index contributed by atoms with van der Waals surface area (Å²) in [6.45, 7) is 6.87. The maximum Gasteiger partial charge on any atom is 0.233 e. The number of carbonyl (C=O) groups excluding carboxylic acids is 1. The number of unbranched alkanes of at least 4 members (excludes halogenated alkanes) is 1. The Morgan fingerprint density at radius 1 is 1.10 bits per heavy atom. The fourth-order valence-electron chi connectivity index (χ4n) is 3.21. The van der Waals surface area contributed by atoms with Crippen LogP contribution >= 0.6 is 11.8 Å². The predicted molar refractivity (Wildman–Crippen MR) is 125 cm³/mol. The number of hydrogen-bond donors (Lipinski definition) is 1. The summed E-state index contributed by atoms with van der Waals surface area (Å²) >= 11 is 1.44. The normalized spacial score (nSPS) is 12.9. The number of ether oxygens (including phenoxy) is 1. The minimum atomic E-state index is -0.292. The van der Waals surface area contributed by atoms with Crippen LogP contribution in [0.4, 0.5) is 0 Å². The van der Waals surface area contributed by atoms with Gasteiger partial charge in [0.15, 0.2) is 11.0 Å². The molecule has 0 aliphatic rings. The summed E-state index contributed by atoms with van der Waals surface area (Å²) in [6, 6.07) is 17.7. The highest BCUT2D eigenvalue weighted by Crippen LogP contribution is 2.28. The van der Waals surface area contributed by atoms with Crippen LogP contribution in [0.15, 0.2) is 59.8 Å². The van der Waals surface area contributed by atoms with E-state index >= 15 is 0 Å². The van der Waals surface area contributed by atoms with E-state index in [1.165, 1.54) is 11.8 Å². The van der Waals surface area contributed by atoms with Crippen LogP contribution in [0, 0.1) is 0 Å². The van der Waals surface area contributed by atoms with E-state index in [2.05, 4.69) is 27.0 Å². The molecule has 0 spiro atoms. The Hall–Kier alpha value is -2.80. The average molecular weight is 439 g/mol. The highest BCUT2D eigenvalue weighted by Gasteiger charge is 2.22. The van der Waals surface area contributed by atoms with E-state index in [0.717, 1.165) is 47.2 Å². The second-order valence-electron chi connectivity index (χ2n) is 7.44. The molecule has 3 rings (SSSR count). The quantitative estimate of drug-likeness (QED) is 0.445. The second-order valence-corrected chi connectivity index (χ2v) is 8.75. The molecule has 2 atom stereocenters. The van der Waals surface area contributed by atoms with Gasteiger partial charge in [0.25, 0.3) is 0 Å². The molecule has 2 unspecified atom stereocenters. The molecular formula is C24H30N4O2S. The van der Waals surface area contributed by atoms with E-state index in [1.54, 1.807) is 7.11 Å². The Bertz CT molecular complexity index is 973. The third-order valence-electron chi connectivity index (χ3n) is 5.11. The Morgan fingerprint density at radius 3 is 2.45 bits per heavy atom. The molecule has 1 heterocycles. The molecule has 0 saturated heterocycles. The number of nitrogens with zero attached hydrogens (tertiary/aromatic N) is 3. The summed E-state index contributed by atoms with van der Waals surface area (Å²) in [5.41, 5.74) is 2.06. The SMILES string of the molecule is CCCCn1c(SC(C)C(=O)NC(C)c2ccccc2)nnc1-c1ccc(OC)cc1. The smallest absolute Gasteiger partial charge is 0.233 e. The van der Waals surface area contributed by atoms with E-state index in [9.17, 15) is 4.79 Å².